The number of amides is 3. The molecule has 0 aromatic heterocycles. The lowest BCUT2D eigenvalue weighted by molar-refractivity contribution is -0.144. The predicted octanol–water partition coefficient (Wildman–Crippen LogP) is 2.02. The predicted molar refractivity (Wildman–Crippen MR) is 88.7 cm³/mol. The van der Waals surface area contributed by atoms with Gasteiger partial charge in [0.2, 0.25) is 17.7 Å². The lowest BCUT2D eigenvalue weighted by atomic mass is 9.85. The molecule has 0 radical (unpaired) electrons. The molecule has 2 bridgehead atoms. The van der Waals surface area contributed by atoms with Crippen LogP contribution in [0.5, 0.6) is 0 Å². The smallest absolute Gasteiger partial charge is 0.240 e. The first-order chi connectivity index (χ1) is 11.6. The van der Waals surface area contributed by atoms with Crippen molar-refractivity contribution in [3.8, 4) is 0 Å². The van der Waals surface area contributed by atoms with Gasteiger partial charge in [0.1, 0.15) is 6.54 Å². The molecule has 5 nitrogen and oxygen atoms in total. The number of hydrogen-bond acceptors (Lipinski definition) is 3. The first kappa shape index (κ1) is 15.9. The number of nitrogens with zero attached hydrogens (tertiary/aromatic N) is 1. The maximum absolute atomic E-state index is 12.6. The minimum absolute atomic E-state index is 0.0966. The molecule has 0 aromatic carbocycles. The minimum Gasteiger partial charge on any atom is -0.352 e. The number of carbonyl (C=O) groups excluding carboxylic acids is 3. The maximum atomic E-state index is 12.6. The molecule has 5 heteroatoms. The molecule has 1 heterocycles. The van der Waals surface area contributed by atoms with Crippen molar-refractivity contribution in [1.29, 1.82) is 0 Å². The summed E-state index contributed by atoms with van der Waals surface area (Å²) in [6.45, 7) is -0.0966. The Labute approximate surface area is 142 Å². The molecule has 3 aliphatic carbocycles. The van der Waals surface area contributed by atoms with Gasteiger partial charge in [-0.25, -0.2) is 0 Å². The van der Waals surface area contributed by atoms with Gasteiger partial charge in [-0.2, -0.15) is 0 Å². The number of carbonyl (C=O) groups is 3. The van der Waals surface area contributed by atoms with Crippen LogP contribution in [0.1, 0.15) is 51.4 Å². The number of allylic oxidation sites excluding steroid dienone is 2. The van der Waals surface area contributed by atoms with E-state index in [1.54, 1.807) is 0 Å². The van der Waals surface area contributed by atoms with Crippen molar-refractivity contribution < 1.29 is 14.4 Å². The van der Waals surface area contributed by atoms with Crippen LogP contribution in [0.25, 0.3) is 0 Å². The highest BCUT2D eigenvalue weighted by atomic mass is 16.2. The van der Waals surface area contributed by atoms with Crippen molar-refractivity contribution in [3.05, 3.63) is 12.2 Å². The van der Waals surface area contributed by atoms with Crippen LogP contribution in [0, 0.1) is 23.7 Å². The lowest BCUT2D eigenvalue weighted by Gasteiger charge is -2.23. The Kier molecular flexibility index (Phi) is 4.19. The Balaban J connectivity index is 1.36. The molecule has 1 N–H and O–H groups in total. The third-order valence-corrected chi connectivity index (χ3v) is 6.33. The Morgan fingerprint density at radius 3 is 2.08 bits per heavy atom. The molecule has 3 fully saturated rings. The van der Waals surface area contributed by atoms with Crippen LogP contribution in [-0.4, -0.2) is 35.2 Å². The van der Waals surface area contributed by atoms with Gasteiger partial charge in [0.25, 0.3) is 0 Å². The van der Waals surface area contributed by atoms with Gasteiger partial charge in [0.05, 0.1) is 11.8 Å². The number of likely N-dealkylation sites (tertiary alicyclic amines) is 1. The first-order valence-corrected chi connectivity index (χ1v) is 9.48. The summed E-state index contributed by atoms with van der Waals surface area (Å²) >= 11 is 0. The molecule has 130 valence electrons. The third kappa shape index (κ3) is 2.68. The average Bonchev–Trinajstić information content (AvgIpc) is 3.20. The molecule has 3 amide bonds. The maximum Gasteiger partial charge on any atom is 0.240 e. The summed E-state index contributed by atoms with van der Waals surface area (Å²) in [4.78, 5) is 38.8. The Morgan fingerprint density at radius 1 is 0.958 bits per heavy atom. The molecule has 2 saturated carbocycles. The first-order valence-electron chi connectivity index (χ1n) is 9.48. The van der Waals surface area contributed by atoms with Crippen LogP contribution < -0.4 is 5.32 Å². The summed E-state index contributed by atoms with van der Waals surface area (Å²) in [7, 11) is 0. The van der Waals surface area contributed by atoms with Gasteiger partial charge >= 0.3 is 0 Å². The summed E-state index contributed by atoms with van der Waals surface area (Å²) in [6.07, 6.45) is 13.1. The van der Waals surface area contributed by atoms with Gasteiger partial charge < -0.3 is 5.32 Å². The van der Waals surface area contributed by atoms with Gasteiger partial charge in [-0.3, -0.25) is 19.3 Å². The summed E-state index contributed by atoms with van der Waals surface area (Å²) in [5, 5.41) is 3.06. The van der Waals surface area contributed by atoms with Crippen LogP contribution in [0.4, 0.5) is 0 Å². The standard InChI is InChI=1S/C19H26N2O3/c22-15(20-14-6-4-2-1-3-5-7-14)11-21-18(23)16-12-8-9-13(10-12)17(16)19(21)24/h8-9,12-14,16-17H,1-7,10-11H2,(H,20,22). The van der Waals surface area contributed by atoms with Crippen molar-refractivity contribution in [1.82, 2.24) is 10.2 Å². The van der Waals surface area contributed by atoms with Crippen molar-refractivity contribution in [2.24, 2.45) is 23.7 Å². The van der Waals surface area contributed by atoms with Crippen molar-refractivity contribution in [2.75, 3.05) is 6.54 Å². The molecule has 1 aliphatic heterocycles. The molecule has 1 saturated heterocycles. The summed E-state index contributed by atoms with van der Waals surface area (Å²) in [5.74, 6) is -0.444. The second kappa shape index (κ2) is 6.34. The number of nitrogens with one attached hydrogen (secondary N) is 1. The molecule has 4 atom stereocenters. The second-order valence-corrected chi connectivity index (χ2v) is 7.87. The lowest BCUT2D eigenvalue weighted by Crippen LogP contribution is -2.45. The van der Waals surface area contributed by atoms with E-state index in [1.165, 1.54) is 24.2 Å². The van der Waals surface area contributed by atoms with Crippen LogP contribution in [-0.2, 0) is 14.4 Å². The van der Waals surface area contributed by atoms with E-state index in [4.69, 9.17) is 0 Å². The van der Waals surface area contributed by atoms with Gasteiger partial charge in [-0.15, -0.1) is 0 Å². The quantitative estimate of drug-likeness (QED) is 0.636. The largest absolute Gasteiger partial charge is 0.352 e. The summed E-state index contributed by atoms with van der Waals surface area (Å²) in [5.41, 5.74) is 0. The Bertz CT molecular complexity index is 547. The number of hydrogen-bond donors (Lipinski definition) is 1. The molecular formula is C19H26N2O3. The highest BCUT2D eigenvalue weighted by Gasteiger charge is 2.59. The Morgan fingerprint density at radius 2 is 1.50 bits per heavy atom. The molecule has 24 heavy (non-hydrogen) atoms. The van der Waals surface area contributed by atoms with E-state index in [0.29, 0.717) is 0 Å². The molecule has 4 rings (SSSR count). The average molecular weight is 330 g/mol. The normalized spacial score (nSPS) is 35.9. The highest BCUT2D eigenvalue weighted by molar-refractivity contribution is 6.08. The van der Waals surface area contributed by atoms with Crippen LogP contribution in [0.2, 0.25) is 0 Å². The minimum atomic E-state index is -0.207. The fourth-order valence-electron chi connectivity index (χ4n) is 5.14. The van der Waals surface area contributed by atoms with Gasteiger partial charge in [-0.05, 0) is 31.1 Å². The van der Waals surface area contributed by atoms with Crippen molar-refractivity contribution in [2.45, 2.75) is 57.4 Å². The summed E-state index contributed by atoms with van der Waals surface area (Å²) in [6, 6.07) is 0.197. The van der Waals surface area contributed by atoms with E-state index in [2.05, 4.69) is 17.5 Å². The number of fused-ring (bicyclic) bond motifs is 5. The molecule has 4 unspecified atom stereocenters. The topological polar surface area (TPSA) is 66.5 Å². The zero-order valence-electron chi connectivity index (χ0n) is 14.1. The van der Waals surface area contributed by atoms with Gasteiger partial charge in [0, 0.05) is 6.04 Å². The fraction of sp³-hybridized carbons (Fsp3) is 0.737. The van der Waals surface area contributed by atoms with E-state index >= 15 is 0 Å². The van der Waals surface area contributed by atoms with E-state index in [9.17, 15) is 14.4 Å². The molecule has 0 aromatic rings. The second-order valence-electron chi connectivity index (χ2n) is 7.87. The number of rotatable bonds is 3. The monoisotopic (exact) mass is 330 g/mol. The fourth-order valence-corrected chi connectivity index (χ4v) is 5.14. The van der Waals surface area contributed by atoms with E-state index < -0.39 is 0 Å². The van der Waals surface area contributed by atoms with Gasteiger partial charge in [-0.1, -0.05) is 44.3 Å². The molecular weight excluding hydrogens is 304 g/mol. The van der Waals surface area contributed by atoms with E-state index in [1.807, 2.05) is 0 Å². The zero-order chi connectivity index (χ0) is 16.7. The van der Waals surface area contributed by atoms with E-state index in [-0.39, 0.29) is 54.0 Å². The zero-order valence-corrected chi connectivity index (χ0v) is 14.1. The van der Waals surface area contributed by atoms with Crippen molar-refractivity contribution in [3.63, 3.8) is 0 Å². The van der Waals surface area contributed by atoms with Crippen LogP contribution in [0.3, 0.4) is 0 Å². The van der Waals surface area contributed by atoms with E-state index in [0.717, 1.165) is 32.1 Å². The van der Waals surface area contributed by atoms with Crippen LogP contribution >= 0.6 is 0 Å². The molecule has 0 spiro atoms. The SMILES string of the molecule is O=C(CN1C(=O)C2C3C=CC(C3)C2C1=O)NC1CCCCCCC1. The summed E-state index contributed by atoms with van der Waals surface area (Å²) < 4.78 is 0. The van der Waals surface area contributed by atoms with Crippen LogP contribution in [0.15, 0.2) is 12.2 Å². The number of imide groups is 1. The Hall–Kier alpha value is -1.65. The van der Waals surface area contributed by atoms with Crippen molar-refractivity contribution >= 4 is 17.7 Å². The van der Waals surface area contributed by atoms with Gasteiger partial charge in [0.15, 0.2) is 0 Å². The third-order valence-electron chi connectivity index (χ3n) is 6.33. The molecule has 4 aliphatic rings. The highest BCUT2D eigenvalue weighted by Crippen LogP contribution is 2.52.